The smallest absolute Gasteiger partial charge is 0.263 e. The van der Waals surface area contributed by atoms with Gasteiger partial charge in [0.1, 0.15) is 5.75 Å². The summed E-state index contributed by atoms with van der Waals surface area (Å²) in [6, 6.07) is 7.86. The Labute approximate surface area is 133 Å². The van der Waals surface area contributed by atoms with Crippen LogP contribution >= 0.6 is 12.4 Å². The molecule has 0 saturated carbocycles. The van der Waals surface area contributed by atoms with Crippen LogP contribution in [0.4, 0.5) is 0 Å². The molecule has 1 amide bonds. The molecule has 1 N–H and O–H groups in total. The number of ether oxygens (including phenoxy) is 1. The highest BCUT2D eigenvalue weighted by Crippen LogP contribution is 2.16. The SMILES string of the molecule is CCC(Oc1cccc(C)c1)C(=O)N1CCCNCC1.Cl. The monoisotopic (exact) mass is 312 g/mol. The van der Waals surface area contributed by atoms with Gasteiger partial charge in [0.25, 0.3) is 5.91 Å². The van der Waals surface area contributed by atoms with Crippen molar-refractivity contribution in [2.24, 2.45) is 0 Å². The van der Waals surface area contributed by atoms with E-state index in [1.807, 2.05) is 43.0 Å². The minimum atomic E-state index is -0.380. The number of carbonyl (C=O) groups excluding carboxylic acids is 1. The second kappa shape index (κ2) is 8.90. The van der Waals surface area contributed by atoms with Crippen molar-refractivity contribution < 1.29 is 9.53 Å². The third kappa shape index (κ3) is 5.21. The second-order valence-corrected chi connectivity index (χ2v) is 5.26. The molecule has 1 aliphatic heterocycles. The van der Waals surface area contributed by atoms with Gasteiger partial charge in [0.05, 0.1) is 0 Å². The van der Waals surface area contributed by atoms with E-state index in [2.05, 4.69) is 5.32 Å². The van der Waals surface area contributed by atoms with Gasteiger partial charge in [0.15, 0.2) is 6.10 Å². The van der Waals surface area contributed by atoms with Gasteiger partial charge in [0, 0.05) is 19.6 Å². The van der Waals surface area contributed by atoms with E-state index in [0.717, 1.165) is 43.9 Å². The summed E-state index contributed by atoms with van der Waals surface area (Å²) in [5.41, 5.74) is 1.14. The fraction of sp³-hybridized carbons (Fsp3) is 0.562. The Morgan fingerprint density at radius 3 is 2.90 bits per heavy atom. The average Bonchev–Trinajstić information content (AvgIpc) is 2.73. The molecule has 1 atom stereocenters. The molecule has 0 radical (unpaired) electrons. The van der Waals surface area contributed by atoms with Crippen LogP contribution in [0, 0.1) is 6.92 Å². The van der Waals surface area contributed by atoms with Crippen molar-refractivity contribution in [1.82, 2.24) is 10.2 Å². The van der Waals surface area contributed by atoms with Gasteiger partial charge >= 0.3 is 0 Å². The average molecular weight is 313 g/mol. The maximum absolute atomic E-state index is 12.5. The molecule has 1 heterocycles. The number of halogens is 1. The predicted octanol–water partition coefficient (Wildman–Crippen LogP) is 2.40. The summed E-state index contributed by atoms with van der Waals surface area (Å²) in [5, 5.41) is 3.31. The molecule has 1 aromatic carbocycles. The zero-order valence-electron chi connectivity index (χ0n) is 12.8. The lowest BCUT2D eigenvalue weighted by Gasteiger charge is -2.25. The van der Waals surface area contributed by atoms with Gasteiger partial charge in [-0.15, -0.1) is 12.4 Å². The lowest BCUT2D eigenvalue weighted by atomic mass is 10.2. The number of amides is 1. The molecule has 0 aromatic heterocycles. The van der Waals surface area contributed by atoms with Gasteiger partial charge < -0.3 is 15.0 Å². The number of hydrogen-bond acceptors (Lipinski definition) is 3. The van der Waals surface area contributed by atoms with Crippen LogP contribution in [0.25, 0.3) is 0 Å². The Morgan fingerprint density at radius 1 is 1.38 bits per heavy atom. The van der Waals surface area contributed by atoms with Crippen molar-refractivity contribution in [3.05, 3.63) is 29.8 Å². The quantitative estimate of drug-likeness (QED) is 0.928. The molecule has 1 aliphatic rings. The maximum atomic E-state index is 12.5. The molecule has 0 bridgehead atoms. The van der Waals surface area contributed by atoms with Gasteiger partial charge in [-0.1, -0.05) is 19.1 Å². The molecule has 4 nitrogen and oxygen atoms in total. The number of aryl methyl sites for hydroxylation is 1. The highest BCUT2D eigenvalue weighted by Gasteiger charge is 2.25. The molecule has 1 unspecified atom stereocenters. The van der Waals surface area contributed by atoms with Crippen molar-refractivity contribution in [2.75, 3.05) is 26.2 Å². The first-order valence-electron chi connectivity index (χ1n) is 7.43. The summed E-state index contributed by atoms with van der Waals surface area (Å²) in [6.45, 7) is 7.46. The molecule has 5 heteroatoms. The number of hydrogen-bond donors (Lipinski definition) is 1. The summed E-state index contributed by atoms with van der Waals surface area (Å²) in [5.74, 6) is 0.885. The maximum Gasteiger partial charge on any atom is 0.263 e. The predicted molar refractivity (Wildman–Crippen MR) is 87.2 cm³/mol. The Bertz CT molecular complexity index is 446. The highest BCUT2D eigenvalue weighted by atomic mass is 35.5. The van der Waals surface area contributed by atoms with E-state index < -0.39 is 0 Å². The van der Waals surface area contributed by atoms with Crippen molar-refractivity contribution in [3.63, 3.8) is 0 Å². The van der Waals surface area contributed by atoms with Crippen LogP contribution in [-0.4, -0.2) is 43.1 Å². The number of nitrogens with one attached hydrogen (secondary N) is 1. The van der Waals surface area contributed by atoms with Crippen molar-refractivity contribution in [3.8, 4) is 5.75 Å². The van der Waals surface area contributed by atoms with Crippen molar-refractivity contribution in [1.29, 1.82) is 0 Å². The van der Waals surface area contributed by atoms with Crippen LogP contribution in [0.5, 0.6) is 5.75 Å². The molecule has 21 heavy (non-hydrogen) atoms. The minimum Gasteiger partial charge on any atom is -0.481 e. The summed E-state index contributed by atoms with van der Waals surface area (Å²) in [7, 11) is 0. The summed E-state index contributed by atoms with van der Waals surface area (Å²) >= 11 is 0. The van der Waals surface area contributed by atoms with Crippen LogP contribution in [0.3, 0.4) is 0 Å². The van der Waals surface area contributed by atoms with Crippen LogP contribution in [0.1, 0.15) is 25.3 Å². The molecule has 0 aliphatic carbocycles. The van der Waals surface area contributed by atoms with Gasteiger partial charge in [0.2, 0.25) is 0 Å². The molecule has 1 fully saturated rings. The summed E-state index contributed by atoms with van der Waals surface area (Å²) in [4.78, 5) is 14.5. The van der Waals surface area contributed by atoms with Crippen LogP contribution < -0.4 is 10.1 Å². The second-order valence-electron chi connectivity index (χ2n) is 5.26. The molecular formula is C16H25ClN2O2. The molecular weight excluding hydrogens is 288 g/mol. The van der Waals surface area contributed by atoms with Gasteiger partial charge in [-0.05, 0) is 44.0 Å². The number of benzene rings is 1. The van der Waals surface area contributed by atoms with Crippen molar-refractivity contribution in [2.45, 2.75) is 32.8 Å². The molecule has 1 saturated heterocycles. The van der Waals surface area contributed by atoms with Crippen LogP contribution in [0.15, 0.2) is 24.3 Å². The lowest BCUT2D eigenvalue weighted by molar-refractivity contribution is -0.138. The van der Waals surface area contributed by atoms with Gasteiger partial charge in [-0.3, -0.25) is 4.79 Å². The molecule has 118 valence electrons. The van der Waals surface area contributed by atoms with Crippen LogP contribution in [-0.2, 0) is 4.79 Å². The van der Waals surface area contributed by atoms with Crippen LogP contribution in [0.2, 0.25) is 0 Å². The van der Waals surface area contributed by atoms with Gasteiger partial charge in [-0.25, -0.2) is 0 Å². The van der Waals surface area contributed by atoms with E-state index in [-0.39, 0.29) is 24.4 Å². The van der Waals surface area contributed by atoms with E-state index >= 15 is 0 Å². The van der Waals surface area contributed by atoms with E-state index in [9.17, 15) is 4.79 Å². The van der Waals surface area contributed by atoms with E-state index in [4.69, 9.17) is 4.74 Å². The first kappa shape index (κ1) is 17.8. The topological polar surface area (TPSA) is 41.6 Å². The summed E-state index contributed by atoms with van der Waals surface area (Å²) in [6.07, 6.45) is 1.32. The minimum absolute atomic E-state index is 0. The Hall–Kier alpha value is -1.26. The number of carbonyl (C=O) groups is 1. The summed E-state index contributed by atoms with van der Waals surface area (Å²) < 4.78 is 5.89. The fourth-order valence-corrected chi connectivity index (χ4v) is 2.43. The van der Waals surface area contributed by atoms with E-state index in [1.54, 1.807) is 0 Å². The standard InChI is InChI=1S/C16H24N2O2.ClH/c1-3-15(20-14-7-4-6-13(2)12-14)16(19)18-10-5-8-17-9-11-18;/h4,6-7,12,15,17H,3,5,8-11H2,1-2H3;1H. The van der Waals surface area contributed by atoms with Crippen molar-refractivity contribution >= 4 is 18.3 Å². The molecule has 1 aromatic rings. The fourth-order valence-electron chi connectivity index (χ4n) is 2.43. The largest absolute Gasteiger partial charge is 0.481 e. The zero-order chi connectivity index (χ0) is 14.4. The Kier molecular flexibility index (Phi) is 7.54. The Morgan fingerprint density at radius 2 is 2.19 bits per heavy atom. The van der Waals surface area contributed by atoms with E-state index in [1.165, 1.54) is 0 Å². The normalized spacial score (nSPS) is 16.6. The first-order chi connectivity index (χ1) is 9.70. The molecule has 0 spiro atoms. The number of nitrogens with zero attached hydrogens (tertiary/aromatic N) is 1. The van der Waals surface area contributed by atoms with Gasteiger partial charge in [-0.2, -0.15) is 0 Å². The third-order valence-electron chi connectivity index (χ3n) is 3.57. The number of rotatable bonds is 4. The van der Waals surface area contributed by atoms with E-state index in [0.29, 0.717) is 6.42 Å². The molecule has 2 rings (SSSR count). The third-order valence-corrected chi connectivity index (χ3v) is 3.57. The Balaban J connectivity index is 0.00000220. The zero-order valence-corrected chi connectivity index (χ0v) is 13.6. The lowest BCUT2D eigenvalue weighted by Crippen LogP contribution is -2.43. The highest BCUT2D eigenvalue weighted by molar-refractivity contribution is 5.85. The first-order valence-corrected chi connectivity index (χ1v) is 7.43.